The molecule has 120 valence electrons. The number of alkyl halides is 3. The van der Waals surface area contributed by atoms with E-state index < -0.39 is 30.5 Å². The van der Waals surface area contributed by atoms with Gasteiger partial charge >= 0.3 is 12.1 Å². The highest BCUT2D eigenvalue weighted by atomic mass is 19.4. The van der Waals surface area contributed by atoms with Gasteiger partial charge in [-0.3, -0.25) is 9.59 Å². The Morgan fingerprint density at radius 2 is 1.95 bits per heavy atom. The molecule has 0 bridgehead atoms. The van der Waals surface area contributed by atoms with Crippen molar-refractivity contribution in [3.63, 3.8) is 0 Å². The van der Waals surface area contributed by atoms with E-state index in [2.05, 4.69) is 4.74 Å². The van der Waals surface area contributed by atoms with Gasteiger partial charge in [-0.25, -0.2) is 0 Å². The van der Waals surface area contributed by atoms with Gasteiger partial charge in [-0.05, 0) is 17.5 Å². The minimum absolute atomic E-state index is 0.105. The van der Waals surface area contributed by atoms with Crippen LogP contribution >= 0.6 is 0 Å². The highest BCUT2D eigenvalue weighted by Crippen LogP contribution is 2.28. The lowest BCUT2D eigenvalue weighted by Gasteiger charge is -2.25. The van der Waals surface area contributed by atoms with Crippen molar-refractivity contribution in [3.05, 3.63) is 35.4 Å². The van der Waals surface area contributed by atoms with Crippen LogP contribution < -0.4 is 0 Å². The van der Waals surface area contributed by atoms with Crippen LogP contribution in [-0.4, -0.2) is 36.6 Å². The molecule has 1 heterocycles. The van der Waals surface area contributed by atoms with Gasteiger partial charge in [-0.2, -0.15) is 13.2 Å². The molecular formula is C15H16F3NO3. The van der Waals surface area contributed by atoms with E-state index in [4.69, 9.17) is 0 Å². The molecule has 0 radical (unpaired) electrons. The molecule has 1 atom stereocenters. The fourth-order valence-electron chi connectivity index (χ4n) is 2.60. The zero-order valence-corrected chi connectivity index (χ0v) is 12.0. The molecule has 0 aliphatic carbocycles. The van der Waals surface area contributed by atoms with E-state index in [1.165, 1.54) is 7.11 Å². The highest BCUT2D eigenvalue weighted by molar-refractivity contribution is 5.84. The second-order valence-electron chi connectivity index (χ2n) is 5.26. The molecule has 0 saturated carbocycles. The third-order valence-corrected chi connectivity index (χ3v) is 3.62. The summed E-state index contributed by atoms with van der Waals surface area (Å²) in [5.74, 6) is -2.11. The number of carbonyl (C=O) groups excluding carboxylic acids is 2. The second-order valence-corrected chi connectivity index (χ2v) is 5.26. The number of nitrogens with zero attached hydrogens (tertiary/aromatic N) is 1. The fraction of sp³-hybridized carbons (Fsp3) is 0.467. The van der Waals surface area contributed by atoms with E-state index in [1.54, 1.807) is 24.3 Å². The van der Waals surface area contributed by atoms with Crippen LogP contribution in [0.15, 0.2) is 24.3 Å². The zero-order chi connectivity index (χ0) is 16.3. The van der Waals surface area contributed by atoms with Crippen LogP contribution in [0.4, 0.5) is 13.2 Å². The van der Waals surface area contributed by atoms with Gasteiger partial charge in [0.05, 0.1) is 19.4 Å². The van der Waals surface area contributed by atoms with E-state index in [1.807, 2.05) is 0 Å². The van der Waals surface area contributed by atoms with Crippen molar-refractivity contribution in [2.75, 3.05) is 13.7 Å². The van der Waals surface area contributed by atoms with Gasteiger partial charge in [0.1, 0.15) is 6.54 Å². The van der Waals surface area contributed by atoms with E-state index in [-0.39, 0.29) is 19.4 Å². The predicted octanol–water partition coefficient (Wildman–Crippen LogP) is 2.31. The second kappa shape index (κ2) is 6.37. The summed E-state index contributed by atoms with van der Waals surface area (Å²) < 4.78 is 42.6. The number of rotatable bonds is 3. The van der Waals surface area contributed by atoms with Gasteiger partial charge in [0.25, 0.3) is 0 Å². The number of hydrogen-bond donors (Lipinski definition) is 0. The Balaban J connectivity index is 2.31. The minimum Gasteiger partial charge on any atom is -0.469 e. The number of amides is 1. The summed E-state index contributed by atoms with van der Waals surface area (Å²) in [6.45, 7) is -1.43. The molecule has 0 aromatic heterocycles. The Labute approximate surface area is 125 Å². The van der Waals surface area contributed by atoms with Gasteiger partial charge in [-0.1, -0.05) is 24.3 Å². The first kappa shape index (κ1) is 16.3. The lowest BCUT2D eigenvalue weighted by atomic mass is 9.94. The highest BCUT2D eigenvalue weighted by Gasteiger charge is 2.38. The first-order valence-electron chi connectivity index (χ1n) is 6.79. The Hall–Kier alpha value is -2.05. The average Bonchev–Trinajstić information content (AvgIpc) is 2.56. The van der Waals surface area contributed by atoms with Crippen molar-refractivity contribution >= 4 is 11.9 Å². The number of fused-ring (bicyclic) bond motifs is 1. The van der Waals surface area contributed by atoms with E-state index >= 15 is 0 Å². The summed E-state index contributed by atoms with van der Waals surface area (Å²) in [6.07, 6.45) is -4.47. The number of esters is 1. The Morgan fingerprint density at radius 3 is 2.55 bits per heavy atom. The van der Waals surface area contributed by atoms with Crippen molar-refractivity contribution in [1.82, 2.24) is 4.90 Å². The quantitative estimate of drug-likeness (QED) is 0.804. The minimum atomic E-state index is -4.48. The maximum Gasteiger partial charge on any atom is 0.406 e. The molecule has 0 fully saturated rings. The number of methoxy groups -OCH3 is 1. The standard InChI is InChI=1S/C15H16F3NO3/c1-22-13(20)7-12-6-10-4-2-3-5-11(10)8-19(14(12)21)9-15(16,17)18/h2-5,12H,6-9H2,1H3. The molecule has 1 aromatic carbocycles. The van der Waals surface area contributed by atoms with E-state index in [0.29, 0.717) is 5.56 Å². The summed E-state index contributed by atoms with van der Waals surface area (Å²) in [6, 6.07) is 6.95. The average molecular weight is 315 g/mol. The molecule has 1 amide bonds. The maximum absolute atomic E-state index is 12.7. The molecule has 1 unspecified atom stereocenters. The van der Waals surface area contributed by atoms with Crippen LogP contribution in [0.25, 0.3) is 0 Å². The summed E-state index contributed by atoms with van der Waals surface area (Å²) in [7, 11) is 1.19. The van der Waals surface area contributed by atoms with Gasteiger partial charge in [0.15, 0.2) is 0 Å². The summed E-state index contributed by atoms with van der Waals surface area (Å²) in [5.41, 5.74) is 1.46. The molecule has 4 nitrogen and oxygen atoms in total. The number of hydrogen-bond acceptors (Lipinski definition) is 3. The third-order valence-electron chi connectivity index (χ3n) is 3.62. The van der Waals surface area contributed by atoms with Gasteiger partial charge in [0.2, 0.25) is 5.91 Å². The van der Waals surface area contributed by atoms with Crippen LogP contribution in [0.3, 0.4) is 0 Å². The molecule has 1 aliphatic heterocycles. The van der Waals surface area contributed by atoms with Crippen LogP contribution in [-0.2, 0) is 27.3 Å². The lowest BCUT2D eigenvalue weighted by molar-refractivity contribution is -0.165. The molecule has 0 N–H and O–H groups in total. The molecule has 7 heteroatoms. The number of halogens is 3. The smallest absolute Gasteiger partial charge is 0.406 e. The first-order valence-corrected chi connectivity index (χ1v) is 6.79. The third kappa shape index (κ3) is 3.99. The Morgan fingerprint density at radius 1 is 1.32 bits per heavy atom. The largest absolute Gasteiger partial charge is 0.469 e. The molecular weight excluding hydrogens is 299 g/mol. The fourth-order valence-corrected chi connectivity index (χ4v) is 2.60. The van der Waals surface area contributed by atoms with E-state index in [0.717, 1.165) is 10.5 Å². The summed E-state index contributed by atoms with van der Waals surface area (Å²) in [5, 5.41) is 0. The molecule has 0 spiro atoms. The number of carbonyl (C=O) groups is 2. The van der Waals surface area contributed by atoms with Crippen LogP contribution in [0.2, 0.25) is 0 Å². The maximum atomic E-state index is 12.7. The molecule has 1 aliphatic rings. The number of benzene rings is 1. The van der Waals surface area contributed by atoms with Crippen molar-refractivity contribution < 1.29 is 27.5 Å². The normalized spacial score (nSPS) is 18.6. The van der Waals surface area contributed by atoms with E-state index in [9.17, 15) is 22.8 Å². The van der Waals surface area contributed by atoms with Crippen molar-refractivity contribution in [2.24, 2.45) is 5.92 Å². The summed E-state index contributed by atoms with van der Waals surface area (Å²) in [4.78, 5) is 24.6. The van der Waals surface area contributed by atoms with Crippen LogP contribution in [0.5, 0.6) is 0 Å². The Bertz CT molecular complexity index is 571. The molecule has 2 rings (SSSR count). The van der Waals surface area contributed by atoms with Crippen molar-refractivity contribution in [1.29, 1.82) is 0 Å². The Kier molecular flexibility index (Phi) is 4.73. The van der Waals surface area contributed by atoms with Gasteiger partial charge in [-0.15, -0.1) is 0 Å². The lowest BCUT2D eigenvalue weighted by Crippen LogP contribution is -2.41. The van der Waals surface area contributed by atoms with Crippen LogP contribution in [0.1, 0.15) is 17.5 Å². The van der Waals surface area contributed by atoms with Crippen LogP contribution in [0, 0.1) is 5.92 Å². The molecule has 1 aromatic rings. The topological polar surface area (TPSA) is 46.6 Å². The molecule has 0 saturated heterocycles. The zero-order valence-electron chi connectivity index (χ0n) is 12.0. The number of ether oxygens (including phenoxy) is 1. The summed E-state index contributed by atoms with van der Waals surface area (Å²) >= 11 is 0. The molecule has 22 heavy (non-hydrogen) atoms. The van der Waals surface area contributed by atoms with Crippen molar-refractivity contribution in [3.8, 4) is 0 Å². The SMILES string of the molecule is COC(=O)CC1Cc2ccccc2CN(CC(F)(F)F)C1=O. The van der Waals surface area contributed by atoms with Crippen molar-refractivity contribution in [2.45, 2.75) is 25.6 Å². The predicted molar refractivity (Wildman–Crippen MR) is 71.7 cm³/mol. The monoisotopic (exact) mass is 315 g/mol. The van der Waals surface area contributed by atoms with Gasteiger partial charge < -0.3 is 9.64 Å². The first-order chi connectivity index (χ1) is 10.3. The van der Waals surface area contributed by atoms with Gasteiger partial charge in [0, 0.05) is 6.54 Å².